The quantitative estimate of drug-likeness (QED) is 0.623. The van der Waals surface area contributed by atoms with Crippen LogP contribution >= 0.6 is 12.4 Å². The maximum atomic E-state index is 12.0. The van der Waals surface area contributed by atoms with Crippen LogP contribution in [0.2, 0.25) is 0 Å². The summed E-state index contributed by atoms with van der Waals surface area (Å²) in [6.07, 6.45) is 0. The Morgan fingerprint density at radius 1 is 1.17 bits per heavy atom. The molecule has 0 radical (unpaired) electrons. The van der Waals surface area contributed by atoms with Crippen LogP contribution in [0.15, 0.2) is 25.9 Å². The van der Waals surface area contributed by atoms with Gasteiger partial charge in [0.15, 0.2) is 5.49 Å². The summed E-state index contributed by atoms with van der Waals surface area (Å²) in [5, 5.41) is 0.311. The molecule has 1 aliphatic rings. The zero-order valence-electron chi connectivity index (χ0n) is 10.6. The van der Waals surface area contributed by atoms with Crippen molar-refractivity contribution in [3.8, 4) is 0 Å². The smallest absolute Gasteiger partial charge is 0.332 e. The van der Waals surface area contributed by atoms with Crippen molar-refractivity contribution < 1.29 is 0 Å². The second-order valence-electron chi connectivity index (χ2n) is 4.28. The van der Waals surface area contributed by atoms with E-state index in [9.17, 15) is 9.59 Å². The van der Waals surface area contributed by atoms with Crippen molar-refractivity contribution in [3.05, 3.63) is 42.8 Å². The first-order chi connectivity index (χ1) is 7.86. The van der Waals surface area contributed by atoms with Gasteiger partial charge in [-0.3, -0.25) is 13.9 Å². The Hall–Kier alpha value is -1.82. The molecule has 0 bridgehead atoms. The van der Waals surface area contributed by atoms with Crippen molar-refractivity contribution >= 4 is 18.1 Å². The van der Waals surface area contributed by atoms with Crippen LogP contribution < -0.4 is 27.7 Å². The number of halogens is 1. The number of hydrogen-bond donors (Lipinski definition) is 1. The van der Waals surface area contributed by atoms with E-state index in [0.29, 0.717) is 22.1 Å². The van der Waals surface area contributed by atoms with Crippen molar-refractivity contribution in [1.29, 1.82) is 0 Å². The Kier molecular flexibility index (Phi) is 3.52. The van der Waals surface area contributed by atoms with Gasteiger partial charge in [-0.05, 0) is 19.4 Å². The third-order valence-corrected chi connectivity index (χ3v) is 2.85. The van der Waals surface area contributed by atoms with Gasteiger partial charge in [-0.15, -0.1) is 12.4 Å². The van der Waals surface area contributed by atoms with Gasteiger partial charge in [0.25, 0.3) is 5.56 Å². The van der Waals surface area contributed by atoms with Crippen LogP contribution in [0, 0.1) is 0 Å². The van der Waals surface area contributed by atoms with Gasteiger partial charge in [0.05, 0.1) is 11.4 Å². The van der Waals surface area contributed by atoms with Gasteiger partial charge in [-0.2, -0.15) is 0 Å². The second kappa shape index (κ2) is 4.45. The summed E-state index contributed by atoms with van der Waals surface area (Å²) in [6, 6.07) is 0. The number of fused-ring (bicyclic) bond motifs is 1. The van der Waals surface area contributed by atoms with E-state index in [1.165, 1.54) is 11.6 Å². The number of hydrogen-bond acceptors (Lipinski definition) is 4. The molecule has 0 saturated carbocycles. The Morgan fingerprint density at radius 2 is 1.72 bits per heavy atom. The highest BCUT2D eigenvalue weighted by molar-refractivity contribution is 5.85. The van der Waals surface area contributed by atoms with E-state index in [0.717, 1.165) is 10.1 Å². The minimum atomic E-state index is -0.402. The predicted octanol–water partition coefficient (Wildman–Crippen LogP) is -1.50. The van der Waals surface area contributed by atoms with Crippen LogP contribution in [-0.2, 0) is 14.1 Å². The molecule has 7 heteroatoms. The highest BCUT2D eigenvalue weighted by Crippen LogP contribution is 2.11. The molecule has 0 aromatic carbocycles. The lowest BCUT2D eigenvalue weighted by molar-refractivity contribution is 0.649. The number of rotatable bonds is 0. The number of allylic oxidation sites excluding steroid dienone is 1. The summed E-state index contributed by atoms with van der Waals surface area (Å²) in [5.41, 5.74) is 7.29. The number of nitrogens with zero attached hydrogens (tertiary/aromatic N) is 3. The second-order valence-corrected chi connectivity index (χ2v) is 4.28. The van der Waals surface area contributed by atoms with Gasteiger partial charge < -0.3 is 5.73 Å². The third-order valence-electron chi connectivity index (χ3n) is 2.85. The molecule has 0 saturated heterocycles. The zero-order valence-corrected chi connectivity index (χ0v) is 11.5. The monoisotopic (exact) mass is 270 g/mol. The van der Waals surface area contributed by atoms with Crippen LogP contribution in [-0.4, -0.2) is 9.13 Å². The molecule has 0 atom stereocenters. The van der Waals surface area contributed by atoms with Crippen LogP contribution in [0.1, 0.15) is 13.8 Å². The molecule has 1 aliphatic heterocycles. The maximum absolute atomic E-state index is 12.0. The molecular formula is C11H15ClN4O2. The van der Waals surface area contributed by atoms with Gasteiger partial charge in [-0.1, -0.05) is 0 Å². The molecule has 0 aliphatic carbocycles. The lowest BCUT2D eigenvalue weighted by Crippen LogP contribution is -2.56. The predicted molar refractivity (Wildman–Crippen MR) is 70.9 cm³/mol. The van der Waals surface area contributed by atoms with E-state index in [1.807, 2.05) is 13.8 Å². The molecular weight excluding hydrogens is 256 g/mol. The molecule has 98 valence electrons. The van der Waals surface area contributed by atoms with Gasteiger partial charge in [0.1, 0.15) is 5.22 Å². The summed E-state index contributed by atoms with van der Waals surface area (Å²) in [7, 11) is 3.00. The average molecular weight is 271 g/mol. The van der Waals surface area contributed by atoms with E-state index in [-0.39, 0.29) is 12.4 Å². The molecule has 18 heavy (non-hydrogen) atoms. The van der Waals surface area contributed by atoms with E-state index < -0.39 is 11.2 Å². The van der Waals surface area contributed by atoms with Crippen molar-refractivity contribution in [2.24, 2.45) is 24.8 Å². The lowest BCUT2D eigenvalue weighted by atomic mass is 10.2. The molecule has 0 spiro atoms. The molecule has 0 unspecified atom stereocenters. The molecule has 0 amide bonds. The summed E-state index contributed by atoms with van der Waals surface area (Å²) in [6.45, 7) is 3.72. The molecule has 2 heterocycles. The van der Waals surface area contributed by atoms with Crippen LogP contribution in [0.3, 0.4) is 0 Å². The Morgan fingerprint density at radius 3 is 2.22 bits per heavy atom. The summed E-state index contributed by atoms with van der Waals surface area (Å²) in [5.74, 6) is 0. The first kappa shape index (κ1) is 14.2. The normalized spacial score (nSPS) is 12.9. The lowest BCUT2D eigenvalue weighted by Gasteiger charge is -2.00. The molecule has 1 aromatic heterocycles. The third kappa shape index (κ3) is 1.69. The molecule has 2 rings (SSSR count). The minimum absolute atomic E-state index is 0. The maximum Gasteiger partial charge on any atom is 0.332 e. The zero-order chi connectivity index (χ0) is 12.9. The van der Waals surface area contributed by atoms with E-state index in [4.69, 9.17) is 5.73 Å². The fourth-order valence-corrected chi connectivity index (χ4v) is 1.87. The molecule has 6 nitrogen and oxygen atoms in total. The fourth-order valence-electron chi connectivity index (χ4n) is 1.87. The first-order valence-electron chi connectivity index (χ1n) is 5.18. The van der Waals surface area contributed by atoms with Crippen molar-refractivity contribution in [3.63, 3.8) is 0 Å². The van der Waals surface area contributed by atoms with Crippen LogP contribution in [0.4, 0.5) is 0 Å². The van der Waals surface area contributed by atoms with Gasteiger partial charge in [0, 0.05) is 14.1 Å². The Bertz CT molecular complexity index is 779. The Balaban J connectivity index is 0.00000162. The van der Waals surface area contributed by atoms with Crippen LogP contribution in [0.5, 0.6) is 0 Å². The standard InChI is InChI=1S/C11H14N4O2.ClH/c1-5(2)8-7(12)6-9(13-8)14(3)11(17)15(4)10(6)16;/h12H2,1-4H3;1H. The molecule has 1 aromatic rings. The largest absolute Gasteiger partial charge is 0.396 e. The van der Waals surface area contributed by atoms with Crippen molar-refractivity contribution in [2.75, 3.05) is 0 Å². The fraction of sp³-hybridized carbons (Fsp3) is 0.364. The van der Waals surface area contributed by atoms with Gasteiger partial charge in [0.2, 0.25) is 0 Å². The highest BCUT2D eigenvalue weighted by atomic mass is 35.5. The average Bonchev–Trinajstić information content (AvgIpc) is 2.62. The topological polar surface area (TPSA) is 82.4 Å². The summed E-state index contributed by atoms with van der Waals surface area (Å²) < 4.78 is 2.37. The molecule has 2 N–H and O–H groups in total. The Labute approximate surface area is 109 Å². The van der Waals surface area contributed by atoms with Crippen molar-refractivity contribution in [2.45, 2.75) is 13.8 Å². The minimum Gasteiger partial charge on any atom is -0.396 e. The van der Waals surface area contributed by atoms with E-state index in [2.05, 4.69) is 4.99 Å². The van der Waals surface area contributed by atoms with E-state index in [1.54, 1.807) is 7.05 Å². The summed E-state index contributed by atoms with van der Waals surface area (Å²) in [4.78, 5) is 28.0. The van der Waals surface area contributed by atoms with E-state index >= 15 is 0 Å². The number of aromatic nitrogens is 2. The highest BCUT2D eigenvalue weighted by Gasteiger charge is 2.17. The summed E-state index contributed by atoms with van der Waals surface area (Å²) >= 11 is 0. The first-order valence-corrected chi connectivity index (χ1v) is 5.18. The van der Waals surface area contributed by atoms with Crippen molar-refractivity contribution in [1.82, 2.24) is 9.13 Å². The van der Waals surface area contributed by atoms with Crippen LogP contribution in [0.25, 0.3) is 5.70 Å². The van der Waals surface area contributed by atoms with Gasteiger partial charge in [-0.25, -0.2) is 9.79 Å². The number of nitrogens with two attached hydrogens (primary N) is 1. The van der Waals surface area contributed by atoms with Gasteiger partial charge >= 0.3 is 5.69 Å². The SMILES string of the molecule is CC(C)=C1N=c2c(c(=O)n(C)c(=O)n2C)=C1N.Cl. The molecule has 0 fully saturated rings.